The van der Waals surface area contributed by atoms with Gasteiger partial charge in [-0.25, -0.2) is 9.50 Å². The van der Waals surface area contributed by atoms with Crippen molar-refractivity contribution in [3.63, 3.8) is 0 Å². The summed E-state index contributed by atoms with van der Waals surface area (Å²) in [6.45, 7) is 4.61. The molecule has 0 saturated carbocycles. The van der Waals surface area contributed by atoms with E-state index in [1.807, 2.05) is 31.3 Å². The number of nitrogens with zero attached hydrogens (tertiary/aromatic N) is 3. The van der Waals surface area contributed by atoms with Crippen molar-refractivity contribution in [3.05, 3.63) is 63.1 Å². The minimum absolute atomic E-state index is 0.0450. The van der Waals surface area contributed by atoms with Gasteiger partial charge >= 0.3 is 0 Å². The summed E-state index contributed by atoms with van der Waals surface area (Å²) in [5.41, 5.74) is 5.57. The molecule has 0 fully saturated rings. The highest BCUT2D eigenvalue weighted by Gasteiger charge is 2.11. The van der Waals surface area contributed by atoms with Gasteiger partial charge < -0.3 is 10.3 Å². The quantitative estimate of drug-likeness (QED) is 0.599. The molecule has 24 heavy (non-hydrogen) atoms. The van der Waals surface area contributed by atoms with Crippen LogP contribution in [0.3, 0.4) is 0 Å². The van der Waals surface area contributed by atoms with E-state index in [1.54, 1.807) is 16.1 Å². The number of hydrogen-bond acceptors (Lipinski definition) is 5. The van der Waals surface area contributed by atoms with Crippen LogP contribution in [0.4, 0.5) is 0 Å². The molecule has 4 rings (SSSR count). The topological polar surface area (TPSA) is 75.1 Å². The van der Waals surface area contributed by atoms with Gasteiger partial charge in [-0.15, -0.1) is 0 Å². The first-order valence-corrected chi connectivity index (χ1v) is 8.63. The van der Waals surface area contributed by atoms with Crippen molar-refractivity contribution >= 4 is 27.2 Å². The lowest BCUT2D eigenvalue weighted by Gasteiger charge is -2.12. The second-order valence-electron chi connectivity index (χ2n) is 5.94. The Labute approximate surface area is 142 Å². The van der Waals surface area contributed by atoms with Gasteiger partial charge in [-0.05, 0) is 26.0 Å². The first-order chi connectivity index (χ1) is 11.6. The van der Waals surface area contributed by atoms with Gasteiger partial charge in [-0.3, -0.25) is 4.79 Å². The lowest BCUT2D eigenvalue weighted by molar-refractivity contribution is 0.558. The molecule has 3 aromatic heterocycles. The predicted molar refractivity (Wildman–Crippen MR) is 95.4 cm³/mol. The Kier molecular flexibility index (Phi) is 3.66. The second kappa shape index (κ2) is 5.85. The number of fused-ring (bicyclic) bond motifs is 2. The van der Waals surface area contributed by atoms with Crippen LogP contribution in [0.2, 0.25) is 0 Å². The smallest absolute Gasteiger partial charge is 0.212 e. The number of hydrogen-bond donors (Lipinski definition) is 2. The summed E-state index contributed by atoms with van der Waals surface area (Å²) in [5.74, 6) is 0. The van der Waals surface area contributed by atoms with Crippen LogP contribution in [0, 0.1) is 6.92 Å². The molecule has 0 aliphatic carbocycles. The highest BCUT2D eigenvalue weighted by molar-refractivity contribution is 7.14. The van der Waals surface area contributed by atoms with Gasteiger partial charge in [-0.2, -0.15) is 5.10 Å². The molecule has 6 nitrogen and oxygen atoms in total. The molecule has 7 heteroatoms. The van der Waals surface area contributed by atoms with Crippen LogP contribution < -0.4 is 10.7 Å². The van der Waals surface area contributed by atoms with Gasteiger partial charge in [0.15, 0.2) is 5.43 Å². The molecule has 0 spiro atoms. The maximum atomic E-state index is 12.3. The largest absolute Gasteiger partial charge is 0.357 e. The Balaban J connectivity index is 1.54. The average molecular weight is 339 g/mol. The van der Waals surface area contributed by atoms with Crippen LogP contribution in [0.1, 0.15) is 29.9 Å². The molecule has 0 aliphatic heterocycles. The third-order valence-corrected chi connectivity index (χ3v) is 4.78. The first kappa shape index (κ1) is 15.0. The molecular weight excluding hydrogens is 322 g/mol. The van der Waals surface area contributed by atoms with Crippen LogP contribution in [0.5, 0.6) is 0 Å². The van der Waals surface area contributed by atoms with Crippen molar-refractivity contribution < 1.29 is 0 Å². The van der Waals surface area contributed by atoms with E-state index in [1.165, 1.54) is 11.3 Å². The van der Waals surface area contributed by atoms with Crippen LogP contribution in [0.25, 0.3) is 15.9 Å². The molecule has 1 aromatic carbocycles. The Bertz CT molecular complexity index is 1050. The number of pyridine rings is 1. The number of nitrogens with one attached hydrogen (secondary N) is 2. The van der Waals surface area contributed by atoms with Gasteiger partial charge in [0.05, 0.1) is 11.9 Å². The van der Waals surface area contributed by atoms with E-state index in [2.05, 4.69) is 27.3 Å². The molecule has 4 aromatic rings. The van der Waals surface area contributed by atoms with Gasteiger partial charge in [0.25, 0.3) is 0 Å². The summed E-state index contributed by atoms with van der Waals surface area (Å²) in [5, 5.41) is 8.32. The molecule has 3 heterocycles. The van der Waals surface area contributed by atoms with Crippen molar-refractivity contribution in [2.75, 3.05) is 0 Å². The summed E-state index contributed by atoms with van der Waals surface area (Å²) < 4.78 is 1.78. The van der Waals surface area contributed by atoms with Crippen molar-refractivity contribution in [2.24, 2.45) is 0 Å². The van der Waals surface area contributed by atoms with E-state index < -0.39 is 0 Å². The van der Waals surface area contributed by atoms with Crippen LogP contribution in [-0.2, 0) is 6.54 Å². The van der Waals surface area contributed by atoms with Crippen LogP contribution >= 0.6 is 11.3 Å². The SMILES string of the molecule is Cc1ccc2[nH]c(CN[C@H](C)c3cn4ncsc4n3)cc(=O)c2c1. The normalized spacial score (nSPS) is 12.9. The molecule has 122 valence electrons. The number of H-pyrrole nitrogens is 1. The molecule has 0 unspecified atom stereocenters. The molecular formula is C17H17N5OS. The second-order valence-corrected chi connectivity index (χ2v) is 6.75. The highest BCUT2D eigenvalue weighted by Crippen LogP contribution is 2.16. The highest BCUT2D eigenvalue weighted by atomic mass is 32.1. The minimum Gasteiger partial charge on any atom is -0.357 e. The minimum atomic E-state index is 0.0450. The lowest BCUT2D eigenvalue weighted by atomic mass is 10.1. The lowest BCUT2D eigenvalue weighted by Crippen LogP contribution is -2.20. The summed E-state index contributed by atoms with van der Waals surface area (Å²) in [4.78, 5) is 21.0. The molecule has 0 radical (unpaired) electrons. The average Bonchev–Trinajstić information content (AvgIpc) is 3.15. The number of aryl methyl sites for hydroxylation is 1. The standard InChI is InChI=1S/C17H17N5OS/c1-10-3-4-14-13(5-10)16(23)6-12(20-14)7-18-11(2)15-8-22-17(21-15)24-9-19-22/h3-6,8-9,11,18H,7H2,1-2H3,(H,20,23)/t11-/m1/s1. The number of aromatic nitrogens is 4. The Morgan fingerprint density at radius 2 is 2.25 bits per heavy atom. The summed E-state index contributed by atoms with van der Waals surface area (Å²) in [6.07, 6.45) is 1.93. The van der Waals surface area contributed by atoms with E-state index in [-0.39, 0.29) is 11.5 Å². The van der Waals surface area contributed by atoms with E-state index in [0.29, 0.717) is 6.54 Å². The Morgan fingerprint density at radius 1 is 1.38 bits per heavy atom. The summed E-state index contributed by atoms with van der Waals surface area (Å²) in [7, 11) is 0. The zero-order valence-electron chi connectivity index (χ0n) is 13.4. The fourth-order valence-electron chi connectivity index (χ4n) is 2.74. The Morgan fingerprint density at radius 3 is 3.08 bits per heavy atom. The van der Waals surface area contributed by atoms with Crippen LogP contribution in [0.15, 0.2) is 40.8 Å². The molecule has 2 N–H and O–H groups in total. The molecule has 0 amide bonds. The van der Waals surface area contributed by atoms with Crippen LogP contribution in [-0.4, -0.2) is 19.6 Å². The Hall–Kier alpha value is -2.51. The fourth-order valence-corrected chi connectivity index (χ4v) is 3.35. The third-order valence-electron chi connectivity index (χ3n) is 4.09. The number of aromatic amines is 1. The number of rotatable bonds is 4. The van der Waals surface area contributed by atoms with Gasteiger partial charge in [0.1, 0.15) is 5.51 Å². The number of imidazole rings is 1. The van der Waals surface area contributed by atoms with Gasteiger partial charge in [0.2, 0.25) is 4.96 Å². The van der Waals surface area contributed by atoms with Crippen molar-refractivity contribution in [3.8, 4) is 0 Å². The molecule has 0 bridgehead atoms. The van der Waals surface area contributed by atoms with E-state index in [9.17, 15) is 4.79 Å². The van der Waals surface area contributed by atoms with Crippen molar-refractivity contribution in [1.29, 1.82) is 0 Å². The maximum Gasteiger partial charge on any atom is 0.212 e. The zero-order valence-corrected chi connectivity index (χ0v) is 14.2. The summed E-state index contributed by atoms with van der Waals surface area (Å²) >= 11 is 1.51. The van der Waals surface area contributed by atoms with E-state index in [0.717, 1.165) is 32.8 Å². The molecule has 1 atom stereocenters. The predicted octanol–water partition coefficient (Wildman–Crippen LogP) is 2.79. The number of benzene rings is 1. The molecule has 0 saturated heterocycles. The monoisotopic (exact) mass is 339 g/mol. The zero-order chi connectivity index (χ0) is 16.7. The van der Waals surface area contributed by atoms with Gasteiger partial charge in [0, 0.05) is 35.2 Å². The van der Waals surface area contributed by atoms with E-state index in [4.69, 9.17) is 0 Å². The first-order valence-electron chi connectivity index (χ1n) is 7.75. The molecule has 0 aliphatic rings. The maximum absolute atomic E-state index is 12.3. The third kappa shape index (κ3) is 2.72. The fraction of sp³-hybridized carbons (Fsp3) is 0.235. The van der Waals surface area contributed by atoms with E-state index >= 15 is 0 Å². The van der Waals surface area contributed by atoms with Gasteiger partial charge in [-0.1, -0.05) is 23.0 Å². The van der Waals surface area contributed by atoms with Crippen molar-refractivity contribution in [1.82, 2.24) is 24.9 Å². The summed E-state index contributed by atoms with van der Waals surface area (Å²) in [6, 6.07) is 7.60. The van der Waals surface area contributed by atoms with Crippen molar-refractivity contribution in [2.45, 2.75) is 26.4 Å².